The largest absolute Gasteiger partial charge is 0.326 e. The molecule has 0 radical (unpaired) electrons. The van der Waals surface area contributed by atoms with Crippen LogP contribution in [0.3, 0.4) is 0 Å². The van der Waals surface area contributed by atoms with E-state index in [4.69, 9.17) is 0 Å². The molecular weight excluding hydrogens is 360 g/mol. The van der Waals surface area contributed by atoms with Gasteiger partial charge in [0.25, 0.3) is 0 Å². The number of rotatable bonds is 7. The van der Waals surface area contributed by atoms with Crippen LogP contribution in [0.4, 0.5) is 11.4 Å². The number of aromatic nitrogens is 2. The van der Waals surface area contributed by atoms with E-state index in [1.165, 1.54) is 12.5 Å². The van der Waals surface area contributed by atoms with Crippen molar-refractivity contribution in [3.63, 3.8) is 0 Å². The van der Waals surface area contributed by atoms with Crippen molar-refractivity contribution in [1.82, 2.24) is 9.97 Å². The molecule has 3 aromatic rings. The van der Waals surface area contributed by atoms with Gasteiger partial charge in [-0.2, -0.15) is 0 Å². The van der Waals surface area contributed by atoms with Crippen molar-refractivity contribution in [2.75, 3.05) is 10.6 Å². The van der Waals surface area contributed by atoms with Crippen molar-refractivity contribution >= 4 is 34.5 Å². The number of anilines is 2. The fourth-order valence-corrected chi connectivity index (χ4v) is 3.39. The Morgan fingerprint density at radius 2 is 1.78 bits per heavy atom. The molecule has 0 saturated carbocycles. The number of thiazole rings is 1. The smallest absolute Gasteiger partial charge is 0.230 e. The molecule has 0 spiro atoms. The minimum absolute atomic E-state index is 0.138. The van der Waals surface area contributed by atoms with Gasteiger partial charge in [-0.25, -0.2) is 4.98 Å². The molecule has 0 aliphatic rings. The van der Waals surface area contributed by atoms with E-state index < -0.39 is 0 Å². The maximum Gasteiger partial charge on any atom is 0.230 e. The molecule has 2 heterocycles. The summed E-state index contributed by atoms with van der Waals surface area (Å²) in [6.45, 7) is 1.44. The molecule has 2 aromatic heterocycles. The number of carbonyl (C=O) groups is 2. The number of nitrogens with one attached hydrogen (secondary N) is 2. The van der Waals surface area contributed by atoms with Crippen LogP contribution < -0.4 is 10.6 Å². The number of hydrogen-bond acceptors (Lipinski definition) is 5. The van der Waals surface area contributed by atoms with Gasteiger partial charge in [0.15, 0.2) is 0 Å². The summed E-state index contributed by atoms with van der Waals surface area (Å²) in [5.41, 5.74) is 3.27. The molecule has 1 aromatic carbocycles. The summed E-state index contributed by atoms with van der Waals surface area (Å²) < 4.78 is 0. The lowest BCUT2D eigenvalue weighted by molar-refractivity contribution is -0.116. The molecule has 3 rings (SSSR count). The molecule has 27 heavy (non-hydrogen) atoms. The van der Waals surface area contributed by atoms with Crippen molar-refractivity contribution in [1.29, 1.82) is 0 Å². The molecule has 2 amide bonds. The minimum atomic E-state index is -0.153. The second-order valence-electron chi connectivity index (χ2n) is 6.07. The predicted octanol–water partition coefficient (Wildman–Crippen LogP) is 3.46. The van der Waals surface area contributed by atoms with Gasteiger partial charge in [0, 0.05) is 42.5 Å². The van der Waals surface area contributed by atoms with Crippen LogP contribution in [0.15, 0.2) is 54.2 Å². The van der Waals surface area contributed by atoms with Crippen LogP contribution >= 0.6 is 11.3 Å². The van der Waals surface area contributed by atoms with Gasteiger partial charge in [-0.05, 0) is 42.3 Å². The lowest BCUT2D eigenvalue weighted by atomic mass is 10.1. The van der Waals surface area contributed by atoms with E-state index in [0.717, 1.165) is 23.5 Å². The number of nitrogens with zero attached hydrogens (tertiary/aromatic N) is 2. The van der Waals surface area contributed by atoms with Crippen molar-refractivity contribution in [3.8, 4) is 0 Å². The molecule has 6 nitrogen and oxygen atoms in total. The first-order valence-electron chi connectivity index (χ1n) is 8.58. The molecule has 0 bridgehead atoms. The average molecular weight is 380 g/mol. The zero-order valence-corrected chi connectivity index (χ0v) is 15.8. The Morgan fingerprint density at radius 3 is 2.52 bits per heavy atom. The Balaban J connectivity index is 1.52. The maximum absolute atomic E-state index is 12.3. The third-order valence-corrected chi connectivity index (χ3v) is 4.74. The first-order chi connectivity index (χ1) is 13.1. The van der Waals surface area contributed by atoms with Gasteiger partial charge in [0.05, 0.1) is 17.1 Å². The zero-order valence-electron chi connectivity index (χ0n) is 14.9. The zero-order chi connectivity index (χ0) is 19.1. The Labute approximate surface area is 161 Å². The highest BCUT2D eigenvalue weighted by Crippen LogP contribution is 2.17. The minimum Gasteiger partial charge on any atom is -0.326 e. The summed E-state index contributed by atoms with van der Waals surface area (Å²) in [6, 6.07) is 11.0. The molecule has 0 fully saturated rings. The number of hydrogen-bond donors (Lipinski definition) is 2. The SMILES string of the molecule is CC(=O)Nc1cccc(NC(=O)Cc2csc(CCc3ccncc3)n2)c1. The topological polar surface area (TPSA) is 84.0 Å². The van der Waals surface area contributed by atoms with Crippen LogP contribution in [0.25, 0.3) is 0 Å². The summed E-state index contributed by atoms with van der Waals surface area (Å²) in [7, 11) is 0. The van der Waals surface area contributed by atoms with E-state index in [2.05, 4.69) is 20.6 Å². The summed E-state index contributed by atoms with van der Waals surface area (Å²) in [4.78, 5) is 32.0. The van der Waals surface area contributed by atoms with Crippen molar-refractivity contribution in [2.45, 2.75) is 26.2 Å². The first kappa shape index (κ1) is 18.7. The summed E-state index contributed by atoms with van der Waals surface area (Å²) in [6.07, 6.45) is 5.53. The van der Waals surface area contributed by atoms with E-state index in [0.29, 0.717) is 11.4 Å². The fraction of sp³-hybridized carbons (Fsp3) is 0.200. The van der Waals surface area contributed by atoms with Gasteiger partial charge in [0.2, 0.25) is 11.8 Å². The first-order valence-corrected chi connectivity index (χ1v) is 9.46. The number of aryl methyl sites for hydroxylation is 2. The van der Waals surface area contributed by atoms with Crippen molar-refractivity contribution in [2.24, 2.45) is 0 Å². The van der Waals surface area contributed by atoms with Gasteiger partial charge in [-0.1, -0.05) is 6.07 Å². The molecule has 0 aliphatic heterocycles. The second-order valence-corrected chi connectivity index (χ2v) is 7.02. The van der Waals surface area contributed by atoms with Gasteiger partial charge in [-0.3, -0.25) is 14.6 Å². The molecule has 0 atom stereocenters. The number of benzene rings is 1. The fourth-order valence-electron chi connectivity index (χ4n) is 2.59. The lowest BCUT2D eigenvalue weighted by Crippen LogP contribution is -2.15. The van der Waals surface area contributed by atoms with Crippen LogP contribution in [-0.2, 0) is 28.9 Å². The van der Waals surface area contributed by atoms with E-state index in [9.17, 15) is 9.59 Å². The number of pyridine rings is 1. The Morgan fingerprint density at radius 1 is 1.04 bits per heavy atom. The Kier molecular flexibility index (Phi) is 6.27. The van der Waals surface area contributed by atoms with Crippen LogP contribution in [0.1, 0.15) is 23.2 Å². The molecule has 0 aliphatic carbocycles. The Hall–Kier alpha value is -3.06. The molecular formula is C20H20N4O2S. The van der Waals surface area contributed by atoms with Gasteiger partial charge < -0.3 is 10.6 Å². The molecule has 0 saturated heterocycles. The van der Waals surface area contributed by atoms with Crippen LogP contribution in [-0.4, -0.2) is 21.8 Å². The molecule has 138 valence electrons. The third kappa shape index (κ3) is 6.00. The van der Waals surface area contributed by atoms with Crippen LogP contribution in [0.2, 0.25) is 0 Å². The lowest BCUT2D eigenvalue weighted by Gasteiger charge is -2.07. The van der Waals surface area contributed by atoms with Gasteiger partial charge >= 0.3 is 0 Å². The van der Waals surface area contributed by atoms with E-state index in [-0.39, 0.29) is 18.2 Å². The monoisotopic (exact) mass is 380 g/mol. The maximum atomic E-state index is 12.3. The van der Waals surface area contributed by atoms with E-state index in [1.54, 1.807) is 48.0 Å². The number of amides is 2. The summed E-state index contributed by atoms with van der Waals surface area (Å²) in [5, 5.41) is 8.47. The molecule has 2 N–H and O–H groups in total. The third-order valence-electron chi connectivity index (χ3n) is 3.78. The number of carbonyl (C=O) groups excluding carboxylic acids is 2. The second kappa shape index (κ2) is 9.05. The summed E-state index contributed by atoms with van der Waals surface area (Å²) >= 11 is 1.57. The van der Waals surface area contributed by atoms with E-state index >= 15 is 0 Å². The van der Waals surface area contributed by atoms with E-state index in [1.807, 2.05) is 17.5 Å². The highest BCUT2D eigenvalue weighted by molar-refractivity contribution is 7.09. The standard InChI is InChI=1S/C20H20N4O2S/c1-14(25)22-16-3-2-4-17(11-16)23-19(26)12-18-13-27-20(24-18)6-5-15-7-9-21-10-8-15/h2-4,7-11,13H,5-6,12H2,1H3,(H,22,25)(H,23,26). The van der Waals surface area contributed by atoms with Crippen LogP contribution in [0, 0.1) is 0 Å². The van der Waals surface area contributed by atoms with Gasteiger partial charge in [-0.15, -0.1) is 11.3 Å². The average Bonchev–Trinajstić information content (AvgIpc) is 3.08. The van der Waals surface area contributed by atoms with Crippen molar-refractivity contribution < 1.29 is 9.59 Å². The van der Waals surface area contributed by atoms with Gasteiger partial charge in [0.1, 0.15) is 0 Å². The highest BCUT2D eigenvalue weighted by Gasteiger charge is 2.09. The normalized spacial score (nSPS) is 10.4. The predicted molar refractivity (Wildman–Crippen MR) is 107 cm³/mol. The highest BCUT2D eigenvalue weighted by atomic mass is 32.1. The van der Waals surface area contributed by atoms with Crippen molar-refractivity contribution in [3.05, 3.63) is 70.4 Å². The van der Waals surface area contributed by atoms with Crippen LogP contribution in [0.5, 0.6) is 0 Å². The quantitative estimate of drug-likeness (QED) is 0.657. The Bertz CT molecular complexity index is 924. The molecule has 7 heteroatoms. The molecule has 0 unspecified atom stereocenters. The summed E-state index contributed by atoms with van der Waals surface area (Å²) in [5.74, 6) is -0.291.